The summed E-state index contributed by atoms with van der Waals surface area (Å²) >= 11 is 0. The first-order valence-electron chi connectivity index (χ1n) is 8.29. The van der Waals surface area contributed by atoms with Crippen LogP contribution in [0, 0.1) is 0 Å². The van der Waals surface area contributed by atoms with Gasteiger partial charge in [-0.25, -0.2) is 9.59 Å². The first-order valence-corrected chi connectivity index (χ1v) is 8.29. The highest BCUT2D eigenvalue weighted by Crippen LogP contribution is 2.20. The summed E-state index contributed by atoms with van der Waals surface area (Å²) in [6.07, 6.45) is 1.42. The monoisotopic (exact) mass is 360 g/mol. The van der Waals surface area contributed by atoms with Crippen molar-refractivity contribution in [2.24, 2.45) is 0 Å². The van der Waals surface area contributed by atoms with E-state index in [1.165, 1.54) is 18.6 Å². The van der Waals surface area contributed by atoms with Crippen LogP contribution in [0.15, 0.2) is 30.5 Å². The Morgan fingerprint density at radius 1 is 1.19 bits per heavy atom. The molecule has 2 rings (SSSR count). The molecule has 0 aliphatic rings. The van der Waals surface area contributed by atoms with Gasteiger partial charge in [-0.1, -0.05) is 12.1 Å². The average Bonchev–Trinajstić information content (AvgIpc) is 2.94. The zero-order valence-electron chi connectivity index (χ0n) is 15.7. The molecule has 1 aromatic carbocycles. The summed E-state index contributed by atoms with van der Waals surface area (Å²) in [5.74, 6) is -0.846. The van der Waals surface area contributed by atoms with Crippen LogP contribution in [0.4, 0.5) is 4.79 Å². The number of nitrogens with zero attached hydrogens (tertiary/aromatic N) is 1. The minimum absolute atomic E-state index is 0.252. The molecule has 0 radical (unpaired) electrons. The number of fused-ring (bicyclic) bond motifs is 1. The Labute approximate surface area is 152 Å². The zero-order chi connectivity index (χ0) is 19.5. The molecule has 7 heteroatoms. The lowest BCUT2D eigenvalue weighted by atomic mass is 10.0. The predicted molar refractivity (Wildman–Crippen MR) is 96.9 cm³/mol. The van der Waals surface area contributed by atoms with E-state index in [0.717, 1.165) is 10.9 Å². The summed E-state index contributed by atoms with van der Waals surface area (Å²) in [6.45, 7) is 6.75. The minimum atomic E-state index is -0.792. The summed E-state index contributed by atoms with van der Waals surface area (Å²) in [5, 5.41) is 3.45. The number of nitrogens with one attached hydrogen (secondary N) is 1. The molecule has 1 N–H and O–H groups in total. The highest BCUT2D eigenvalue weighted by molar-refractivity contribution is 5.90. The van der Waals surface area contributed by atoms with Crippen LogP contribution >= 0.6 is 0 Å². The van der Waals surface area contributed by atoms with Gasteiger partial charge in [-0.15, -0.1) is 0 Å². The Kier molecular flexibility index (Phi) is 5.69. The number of methoxy groups -OCH3 is 1. The van der Waals surface area contributed by atoms with Gasteiger partial charge in [-0.05, 0) is 38.5 Å². The van der Waals surface area contributed by atoms with E-state index in [-0.39, 0.29) is 12.3 Å². The number of hydrogen-bond donors (Lipinski definition) is 1. The molecule has 140 valence electrons. The summed E-state index contributed by atoms with van der Waals surface area (Å²) in [6, 6.07) is 6.53. The van der Waals surface area contributed by atoms with E-state index in [0.29, 0.717) is 5.52 Å². The van der Waals surface area contributed by atoms with Crippen LogP contribution < -0.4 is 5.32 Å². The van der Waals surface area contributed by atoms with Crippen molar-refractivity contribution in [1.29, 1.82) is 0 Å². The first kappa shape index (κ1) is 19.5. The van der Waals surface area contributed by atoms with E-state index >= 15 is 0 Å². The first-order chi connectivity index (χ1) is 12.1. The van der Waals surface area contributed by atoms with E-state index < -0.39 is 23.7 Å². The molecule has 1 atom stereocenters. The fourth-order valence-corrected chi connectivity index (χ4v) is 2.59. The van der Waals surface area contributed by atoms with E-state index in [2.05, 4.69) is 5.32 Å². The molecule has 0 saturated carbocycles. The number of esters is 1. The van der Waals surface area contributed by atoms with Gasteiger partial charge in [0.2, 0.25) is 5.91 Å². The normalized spacial score (nSPS) is 12.5. The second-order valence-corrected chi connectivity index (χ2v) is 7.04. The lowest BCUT2D eigenvalue weighted by molar-refractivity contribution is -0.144. The van der Waals surface area contributed by atoms with Crippen LogP contribution in [0.2, 0.25) is 0 Å². The minimum Gasteiger partial charge on any atom is -0.467 e. The number of aromatic nitrogens is 1. The number of ether oxygens (including phenoxy) is 2. The van der Waals surface area contributed by atoms with Crippen molar-refractivity contribution in [2.45, 2.75) is 45.8 Å². The lowest BCUT2D eigenvalue weighted by Gasteiger charge is -2.20. The number of benzene rings is 1. The zero-order valence-corrected chi connectivity index (χ0v) is 15.7. The van der Waals surface area contributed by atoms with Gasteiger partial charge in [0.1, 0.15) is 11.6 Å². The fourth-order valence-electron chi connectivity index (χ4n) is 2.59. The lowest BCUT2D eigenvalue weighted by Crippen LogP contribution is -2.41. The van der Waals surface area contributed by atoms with Gasteiger partial charge in [0.15, 0.2) is 0 Å². The second-order valence-electron chi connectivity index (χ2n) is 7.04. The van der Waals surface area contributed by atoms with Crippen molar-refractivity contribution in [3.8, 4) is 0 Å². The molecule has 1 aromatic heterocycles. The molecule has 0 aliphatic heterocycles. The van der Waals surface area contributed by atoms with Crippen LogP contribution in [-0.4, -0.2) is 41.3 Å². The highest BCUT2D eigenvalue weighted by Gasteiger charge is 2.22. The SMILES string of the molecule is COC(=O)[C@H](Cc1ccc2ccn(C(=O)OC(C)(C)C)c2c1)NC(C)=O. The molecule has 0 bridgehead atoms. The predicted octanol–water partition coefficient (Wildman–Crippen LogP) is 2.64. The molecule has 2 aromatic rings. The molecule has 0 aliphatic carbocycles. The number of carbonyl (C=O) groups is 3. The van der Waals surface area contributed by atoms with Gasteiger partial charge in [0.05, 0.1) is 12.6 Å². The summed E-state index contributed by atoms with van der Waals surface area (Å²) in [5.41, 5.74) is 0.848. The summed E-state index contributed by atoms with van der Waals surface area (Å²) < 4.78 is 11.6. The van der Waals surface area contributed by atoms with Gasteiger partial charge in [-0.2, -0.15) is 0 Å². The van der Waals surface area contributed by atoms with E-state index in [1.807, 2.05) is 18.2 Å². The molecule has 0 unspecified atom stereocenters. The van der Waals surface area contributed by atoms with Crippen LogP contribution in [0.5, 0.6) is 0 Å². The average molecular weight is 360 g/mol. The second kappa shape index (κ2) is 7.59. The molecule has 1 amide bonds. The van der Waals surface area contributed by atoms with Crippen LogP contribution in [0.3, 0.4) is 0 Å². The van der Waals surface area contributed by atoms with Crippen molar-refractivity contribution in [3.05, 3.63) is 36.0 Å². The molecule has 0 spiro atoms. The van der Waals surface area contributed by atoms with Crippen LogP contribution in [-0.2, 0) is 25.5 Å². The van der Waals surface area contributed by atoms with Gasteiger partial charge < -0.3 is 14.8 Å². The van der Waals surface area contributed by atoms with Crippen LogP contribution in [0.1, 0.15) is 33.3 Å². The quantitative estimate of drug-likeness (QED) is 0.847. The summed E-state index contributed by atoms with van der Waals surface area (Å²) in [7, 11) is 1.27. The van der Waals surface area contributed by atoms with Gasteiger partial charge in [0.25, 0.3) is 0 Å². The fraction of sp³-hybridized carbons (Fsp3) is 0.421. The molecule has 26 heavy (non-hydrogen) atoms. The third kappa shape index (κ3) is 4.84. The number of rotatable bonds is 4. The number of hydrogen-bond acceptors (Lipinski definition) is 5. The summed E-state index contributed by atoms with van der Waals surface area (Å²) in [4.78, 5) is 35.6. The molecule has 1 heterocycles. The standard InChI is InChI=1S/C19H24N2O5/c1-12(22)20-15(17(23)25-5)10-13-6-7-14-8-9-21(16(14)11-13)18(24)26-19(2,3)4/h6-9,11,15H,10H2,1-5H3,(H,20,22)/t15-/m0/s1. The smallest absolute Gasteiger partial charge is 0.418 e. The van der Waals surface area contributed by atoms with Gasteiger partial charge in [0, 0.05) is 24.9 Å². The molecular formula is C19H24N2O5. The van der Waals surface area contributed by atoms with E-state index in [9.17, 15) is 14.4 Å². The van der Waals surface area contributed by atoms with Gasteiger partial charge >= 0.3 is 12.1 Å². The van der Waals surface area contributed by atoms with Crippen molar-refractivity contribution < 1.29 is 23.9 Å². The maximum absolute atomic E-state index is 12.4. The Balaban J connectivity index is 2.32. The van der Waals surface area contributed by atoms with Crippen molar-refractivity contribution in [2.75, 3.05) is 7.11 Å². The molecule has 0 fully saturated rings. The maximum Gasteiger partial charge on any atom is 0.418 e. The Morgan fingerprint density at radius 2 is 1.88 bits per heavy atom. The van der Waals surface area contributed by atoms with Crippen molar-refractivity contribution >= 4 is 28.9 Å². The maximum atomic E-state index is 12.4. The Hall–Kier alpha value is -2.83. The van der Waals surface area contributed by atoms with Crippen LogP contribution in [0.25, 0.3) is 10.9 Å². The van der Waals surface area contributed by atoms with Crippen molar-refractivity contribution in [3.63, 3.8) is 0 Å². The Morgan fingerprint density at radius 3 is 2.46 bits per heavy atom. The third-order valence-electron chi connectivity index (χ3n) is 3.65. The highest BCUT2D eigenvalue weighted by atomic mass is 16.6. The van der Waals surface area contributed by atoms with Crippen molar-refractivity contribution in [1.82, 2.24) is 9.88 Å². The Bertz CT molecular complexity index is 832. The van der Waals surface area contributed by atoms with E-state index in [1.54, 1.807) is 33.0 Å². The number of amides is 1. The largest absolute Gasteiger partial charge is 0.467 e. The molecule has 0 saturated heterocycles. The molecular weight excluding hydrogens is 336 g/mol. The topological polar surface area (TPSA) is 86.6 Å². The number of carbonyl (C=O) groups excluding carboxylic acids is 3. The van der Waals surface area contributed by atoms with Gasteiger partial charge in [-0.3, -0.25) is 9.36 Å². The third-order valence-corrected chi connectivity index (χ3v) is 3.65. The van der Waals surface area contributed by atoms with E-state index in [4.69, 9.17) is 9.47 Å². The molecule has 7 nitrogen and oxygen atoms in total.